The normalized spacial score (nSPS) is 16.5. The molecule has 0 saturated heterocycles. The number of hydrogen-bond donors (Lipinski definition) is 2. The molecule has 0 aliphatic heterocycles. The first kappa shape index (κ1) is 17.1. The Morgan fingerprint density at radius 3 is 3.00 bits per heavy atom. The number of aromatic amines is 1. The molecule has 0 bridgehead atoms. The Hall–Kier alpha value is -2.33. The van der Waals surface area contributed by atoms with Gasteiger partial charge in [0, 0.05) is 34.1 Å². The smallest absolute Gasteiger partial charge is 0.220 e. The summed E-state index contributed by atoms with van der Waals surface area (Å²) in [5.74, 6) is -0.184. The molecule has 0 spiro atoms. The van der Waals surface area contributed by atoms with Crippen LogP contribution >= 0.6 is 11.6 Å². The van der Waals surface area contributed by atoms with Crippen molar-refractivity contribution in [2.75, 3.05) is 0 Å². The van der Waals surface area contributed by atoms with Crippen LogP contribution in [0, 0.1) is 5.82 Å². The lowest BCUT2D eigenvalue weighted by Crippen LogP contribution is -2.38. The summed E-state index contributed by atoms with van der Waals surface area (Å²) < 4.78 is 13.6. The second-order valence-electron chi connectivity index (χ2n) is 6.91. The predicted octanol–water partition coefficient (Wildman–Crippen LogP) is 4.57. The number of aromatic nitrogens is 1. The third-order valence-corrected chi connectivity index (χ3v) is 5.28. The molecule has 26 heavy (non-hydrogen) atoms. The van der Waals surface area contributed by atoms with Crippen molar-refractivity contribution in [3.8, 4) is 0 Å². The highest BCUT2D eigenvalue weighted by Crippen LogP contribution is 2.29. The Morgan fingerprint density at radius 1 is 1.27 bits per heavy atom. The molecule has 0 saturated carbocycles. The van der Waals surface area contributed by atoms with Crippen molar-refractivity contribution in [2.24, 2.45) is 0 Å². The topological polar surface area (TPSA) is 44.9 Å². The Bertz CT molecular complexity index is 966. The van der Waals surface area contributed by atoms with Gasteiger partial charge in [-0.05, 0) is 67.1 Å². The average Bonchev–Trinajstić information content (AvgIpc) is 2.97. The van der Waals surface area contributed by atoms with Crippen LogP contribution < -0.4 is 5.32 Å². The maximum atomic E-state index is 13.6. The zero-order valence-corrected chi connectivity index (χ0v) is 15.1. The molecule has 1 atom stereocenters. The molecular formula is C21H20ClFN2O. The van der Waals surface area contributed by atoms with Crippen LogP contribution in [0.2, 0.25) is 5.02 Å². The molecule has 5 heteroatoms. The van der Waals surface area contributed by atoms with Gasteiger partial charge in [-0.3, -0.25) is 4.79 Å². The van der Waals surface area contributed by atoms with Gasteiger partial charge >= 0.3 is 0 Å². The van der Waals surface area contributed by atoms with E-state index < -0.39 is 0 Å². The van der Waals surface area contributed by atoms with Gasteiger partial charge in [-0.25, -0.2) is 4.39 Å². The number of fused-ring (bicyclic) bond motifs is 3. The van der Waals surface area contributed by atoms with Crippen LogP contribution in [0.4, 0.5) is 4.39 Å². The summed E-state index contributed by atoms with van der Waals surface area (Å²) in [6, 6.07) is 12.5. The largest absolute Gasteiger partial charge is 0.358 e. The number of rotatable bonds is 4. The molecule has 134 valence electrons. The molecule has 0 radical (unpaired) electrons. The van der Waals surface area contributed by atoms with Crippen LogP contribution in [0.3, 0.4) is 0 Å². The van der Waals surface area contributed by atoms with Gasteiger partial charge in [0.15, 0.2) is 0 Å². The van der Waals surface area contributed by atoms with Crippen molar-refractivity contribution in [1.82, 2.24) is 10.3 Å². The standard InChI is InChI=1S/C21H20ClFN2O/c22-14-3-1-2-13(10-14)4-9-21(26)24-16-6-8-20-18(12-16)17-11-15(23)5-7-19(17)25-20/h1-3,5,7,10-11,16,25H,4,6,8-9,12H2,(H,24,26). The summed E-state index contributed by atoms with van der Waals surface area (Å²) in [7, 11) is 0. The summed E-state index contributed by atoms with van der Waals surface area (Å²) in [6.07, 6.45) is 3.60. The third kappa shape index (κ3) is 3.61. The zero-order chi connectivity index (χ0) is 18.1. The lowest BCUT2D eigenvalue weighted by Gasteiger charge is -2.23. The molecule has 1 heterocycles. The Kier molecular flexibility index (Phi) is 4.68. The van der Waals surface area contributed by atoms with E-state index in [1.54, 1.807) is 12.1 Å². The van der Waals surface area contributed by atoms with Crippen LogP contribution in [0.25, 0.3) is 10.9 Å². The lowest BCUT2D eigenvalue weighted by molar-refractivity contribution is -0.121. The minimum atomic E-state index is -0.230. The fraction of sp³-hybridized carbons (Fsp3) is 0.286. The average molecular weight is 371 g/mol. The SMILES string of the molecule is O=C(CCc1cccc(Cl)c1)NC1CCc2[nH]c3ccc(F)cc3c2C1. The van der Waals surface area contributed by atoms with Crippen molar-refractivity contribution < 1.29 is 9.18 Å². The molecule has 2 aromatic carbocycles. The highest BCUT2D eigenvalue weighted by molar-refractivity contribution is 6.30. The van der Waals surface area contributed by atoms with Gasteiger partial charge in [-0.1, -0.05) is 23.7 Å². The number of nitrogens with one attached hydrogen (secondary N) is 2. The van der Waals surface area contributed by atoms with Crippen LogP contribution in [-0.2, 0) is 24.1 Å². The molecule has 3 aromatic rings. The van der Waals surface area contributed by atoms with Gasteiger partial charge in [-0.2, -0.15) is 0 Å². The number of hydrogen-bond acceptors (Lipinski definition) is 1. The van der Waals surface area contributed by atoms with Gasteiger partial charge in [0.05, 0.1) is 0 Å². The zero-order valence-electron chi connectivity index (χ0n) is 14.3. The molecule has 3 nitrogen and oxygen atoms in total. The van der Waals surface area contributed by atoms with Crippen molar-refractivity contribution in [3.05, 3.63) is 70.1 Å². The van der Waals surface area contributed by atoms with E-state index in [9.17, 15) is 9.18 Å². The summed E-state index contributed by atoms with van der Waals surface area (Å²) >= 11 is 5.98. The van der Waals surface area contributed by atoms with Gasteiger partial charge in [0.25, 0.3) is 0 Å². The van der Waals surface area contributed by atoms with Crippen LogP contribution in [0.5, 0.6) is 0 Å². The van der Waals surface area contributed by atoms with Gasteiger partial charge in [0.1, 0.15) is 5.82 Å². The molecule has 4 rings (SSSR count). The van der Waals surface area contributed by atoms with E-state index in [4.69, 9.17) is 11.6 Å². The highest BCUT2D eigenvalue weighted by atomic mass is 35.5. The van der Waals surface area contributed by atoms with Crippen LogP contribution in [0.1, 0.15) is 29.7 Å². The number of H-pyrrole nitrogens is 1. The maximum absolute atomic E-state index is 13.6. The first-order valence-corrected chi connectivity index (χ1v) is 9.29. The van der Waals surface area contributed by atoms with E-state index in [1.807, 2.05) is 24.3 Å². The molecule has 1 aliphatic rings. The van der Waals surface area contributed by atoms with Gasteiger partial charge in [-0.15, -0.1) is 0 Å². The van der Waals surface area contributed by atoms with Crippen molar-refractivity contribution in [2.45, 2.75) is 38.1 Å². The maximum Gasteiger partial charge on any atom is 0.220 e. The molecule has 1 amide bonds. The minimum absolute atomic E-state index is 0.0458. The molecular weight excluding hydrogens is 351 g/mol. The first-order chi connectivity index (χ1) is 12.6. The fourth-order valence-corrected chi connectivity index (χ4v) is 3.98. The van der Waals surface area contributed by atoms with Crippen molar-refractivity contribution in [3.63, 3.8) is 0 Å². The Labute approximate surface area is 156 Å². The number of carbonyl (C=O) groups excluding carboxylic acids is 1. The predicted molar refractivity (Wildman–Crippen MR) is 102 cm³/mol. The molecule has 1 aromatic heterocycles. The quantitative estimate of drug-likeness (QED) is 0.694. The van der Waals surface area contributed by atoms with Crippen molar-refractivity contribution in [1.29, 1.82) is 0 Å². The molecule has 1 aliphatic carbocycles. The van der Waals surface area contributed by atoms with Crippen LogP contribution in [0.15, 0.2) is 42.5 Å². The monoisotopic (exact) mass is 370 g/mol. The van der Waals surface area contributed by atoms with Crippen molar-refractivity contribution >= 4 is 28.4 Å². The highest BCUT2D eigenvalue weighted by Gasteiger charge is 2.23. The second kappa shape index (κ2) is 7.12. The number of aryl methyl sites for hydroxylation is 2. The summed E-state index contributed by atoms with van der Waals surface area (Å²) in [6.45, 7) is 0. The Balaban J connectivity index is 1.40. The summed E-state index contributed by atoms with van der Waals surface area (Å²) in [4.78, 5) is 15.7. The summed E-state index contributed by atoms with van der Waals surface area (Å²) in [5.41, 5.74) is 4.32. The summed E-state index contributed by atoms with van der Waals surface area (Å²) in [5, 5.41) is 4.75. The number of amides is 1. The van der Waals surface area contributed by atoms with E-state index in [0.717, 1.165) is 47.0 Å². The molecule has 2 N–H and O–H groups in total. The van der Waals surface area contributed by atoms with Crippen LogP contribution in [-0.4, -0.2) is 16.9 Å². The van der Waals surface area contributed by atoms with E-state index in [1.165, 1.54) is 6.07 Å². The molecule has 0 fully saturated rings. The number of carbonyl (C=O) groups is 1. The second-order valence-corrected chi connectivity index (χ2v) is 7.35. The minimum Gasteiger partial charge on any atom is -0.358 e. The lowest BCUT2D eigenvalue weighted by atomic mass is 9.91. The third-order valence-electron chi connectivity index (χ3n) is 5.04. The Morgan fingerprint density at radius 2 is 2.15 bits per heavy atom. The van der Waals surface area contributed by atoms with E-state index in [2.05, 4.69) is 10.3 Å². The van der Waals surface area contributed by atoms with Gasteiger partial charge < -0.3 is 10.3 Å². The molecule has 1 unspecified atom stereocenters. The first-order valence-electron chi connectivity index (χ1n) is 8.91. The number of benzene rings is 2. The fourth-order valence-electron chi connectivity index (χ4n) is 3.76. The van der Waals surface area contributed by atoms with E-state index >= 15 is 0 Å². The number of halogens is 2. The van der Waals surface area contributed by atoms with E-state index in [-0.39, 0.29) is 17.8 Å². The van der Waals surface area contributed by atoms with Gasteiger partial charge in [0.2, 0.25) is 5.91 Å². The van der Waals surface area contributed by atoms with E-state index in [0.29, 0.717) is 17.9 Å².